The molecule has 0 N–H and O–H groups in total. The molecule has 0 aromatic heterocycles. The maximum atomic E-state index is 6.49. The summed E-state index contributed by atoms with van der Waals surface area (Å²) in [4.78, 5) is 0. The highest BCUT2D eigenvalue weighted by atomic mass is 28.3. The lowest BCUT2D eigenvalue weighted by Gasteiger charge is -2.35. The average molecular weight is 477 g/mol. The van der Waals surface area contributed by atoms with Gasteiger partial charge in [-0.1, -0.05) is 102 Å². The third-order valence-corrected chi connectivity index (χ3v) is 11.0. The summed E-state index contributed by atoms with van der Waals surface area (Å²) in [5.74, 6) is 2.21. The quantitative estimate of drug-likeness (QED) is 0.156. The Hall–Kier alpha value is -2.26. The molecular weight excluding hydrogens is 432 g/mol. The number of hydrogen-bond donors (Lipinski definition) is 0. The second-order valence-electron chi connectivity index (χ2n) is 10.2. The van der Waals surface area contributed by atoms with Crippen molar-refractivity contribution in [1.29, 1.82) is 0 Å². The fourth-order valence-corrected chi connectivity index (χ4v) is 9.03. The standard InChI is InChI=1S/C31H44O2Si/c1-7-10-12-16-24-21-26(18-13-11-8-2)30(33-20-9-3)29(22-24)34(5,6)31-27-19-15-14-17-25(27)23-28(31)32-4/h9,14-15,17,19,21-23,31H,3,7-8,10-13,16,18,20H2,1-2,4-6H3. The van der Waals surface area contributed by atoms with Crippen LogP contribution in [0.25, 0.3) is 6.08 Å². The molecule has 2 aromatic carbocycles. The number of benzene rings is 2. The van der Waals surface area contributed by atoms with Crippen molar-refractivity contribution in [3.8, 4) is 5.75 Å². The van der Waals surface area contributed by atoms with Gasteiger partial charge in [0.1, 0.15) is 26.2 Å². The van der Waals surface area contributed by atoms with Crippen molar-refractivity contribution in [3.63, 3.8) is 0 Å². The first-order valence-electron chi connectivity index (χ1n) is 13.2. The van der Waals surface area contributed by atoms with Gasteiger partial charge in [-0.2, -0.15) is 0 Å². The zero-order valence-electron chi connectivity index (χ0n) is 22.1. The molecule has 0 saturated heterocycles. The van der Waals surface area contributed by atoms with E-state index in [0.717, 1.165) is 24.4 Å². The highest BCUT2D eigenvalue weighted by Crippen LogP contribution is 2.43. The summed E-state index contributed by atoms with van der Waals surface area (Å²) in [6.45, 7) is 14.0. The number of methoxy groups -OCH3 is 1. The second kappa shape index (κ2) is 12.4. The minimum absolute atomic E-state index is 0.286. The first-order chi connectivity index (χ1) is 16.5. The van der Waals surface area contributed by atoms with Crippen molar-refractivity contribution in [2.45, 2.75) is 83.8 Å². The number of aryl methyl sites for hydroxylation is 2. The predicted molar refractivity (Wildman–Crippen MR) is 150 cm³/mol. The maximum Gasteiger partial charge on any atom is 0.122 e. The molecule has 3 heteroatoms. The molecule has 0 amide bonds. The normalized spacial score (nSPS) is 15.1. The van der Waals surface area contributed by atoms with Crippen LogP contribution in [-0.2, 0) is 17.6 Å². The van der Waals surface area contributed by atoms with Gasteiger partial charge in [0.05, 0.1) is 7.11 Å². The molecule has 0 radical (unpaired) electrons. The molecule has 0 fully saturated rings. The van der Waals surface area contributed by atoms with Crippen LogP contribution in [0.1, 0.15) is 80.2 Å². The van der Waals surface area contributed by atoms with E-state index in [1.807, 2.05) is 13.2 Å². The summed E-state index contributed by atoms with van der Waals surface area (Å²) in [5, 5.41) is 1.43. The van der Waals surface area contributed by atoms with Gasteiger partial charge in [0.2, 0.25) is 0 Å². The van der Waals surface area contributed by atoms with Gasteiger partial charge in [0.25, 0.3) is 0 Å². The van der Waals surface area contributed by atoms with Crippen molar-refractivity contribution in [2.24, 2.45) is 0 Å². The molecule has 0 aliphatic heterocycles. The van der Waals surface area contributed by atoms with Crippen LogP contribution in [-0.4, -0.2) is 21.8 Å². The topological polar surface area (TPSA) is 18.5 Å². The summed E-state index contributed by atoms with van der Waals surface area (Å²) in [7, 11) is -0.266. The monoisotopic (exact) mass is 476 g/mol. The Kier molecular flexibility index (Phi) is 9.64. The van der Waals surface area contributed by atoms with E-state index in [4.69, 9.17) is 9.47 Å². The van der Waals surface area contributed by atoms with Crippen LogP contribution in [0, 0.1) is 0 Å². The van der Waals surface area contributed by atoms with Crippen LogP contribution in [0.15, 0.2) is 54.8 Å². The van der Waals surface area contributed by atoms with Gasteiger partial charge in [0, 0.05) is 5.54 Å². The highest BCUT2D eigenvalue weighted by Gasteiger charge is 2.43. The Labute approximate surface area is 209 Å². The van der Waals surface area contributed by atoms with Crippen molar-refractivity contribution in [3.05, 3.63) is 77.1 Å². The fourth-order valence-electron chi connectivity index (χ4n) is 5.39. The third kappa shape index (κ3) is 5.86. The lowest BCUT2D eigenvalue weighted by atomic mass is 10.00. The van der Waals surface area contributed by atoms with Crippen LogP contribution in [0.4, 0.5) is 0 Å². The first-order valence-corrected chi connectivity index (χ1v) is 16.3. The van der Waals surface area contributed by atoms with Gasteiger partial charge in [-0.25, -0.2) is 0 Å². The van der Waals surface area contributed by atoms with Crippen LogP contribution in [0.2, 0.25) is 13.1 Å². The van der Waals surface area contributed by atoms with E-state index in [9.17, 15) is 0 Å². The van der Waals surface area contributed by atoms with Gasteiger partial charge in [-0.15, -0.1) is 0 Å². The molecule has 0 saturated carbocycles. The molecule has 1 aliphatic rings. The molecule has 0 bridgehead atoms. The highest BCUT2D eigenvalue weighted by molar-refractivity contribution is 6.92. The Morgan fingerprint density at radius 3 is 2.35 bits per heavy atom. The fraction of sp³-hybridized carbons (Fsp3) is 0.484. The largest absolute Gasteiger partial charge is 0.501 e. The Morgan fingerprint density at radius 1 is 0.971 bits per heavy atom. The van der Waals surface area contributed by atoms with Crippen LogP contribution < -0.4 is 9.92 Å². The van der Waals surface area contributed by atoms with E-state index in [-0.39, 0.29) is 5.54 Å². The summed E-state index contributed by atoms with van der Waals surface area (Å²) in [6.07, 6.45) is 13.8. The van der Waals surface area contributed by atoms with Crippen LogP contribution in [0.5, 0.6) is 5.75 Å². The minimum atomic E-state index is -2.09. The van der Waals surface area contributed by atoms with Gasteiger partial charge in [-0.05, 0) is 59.2 Å². The third-order valence-electron chi connectivity index (χ3n) is 7.23. The molecule has 184 valence electrons. The van der Waals surface area contributed by atoms with E-state index < -0.39 is 8.07 Å². The Balaban J connectivity index is 2.13. The Morgan fingerprint density at radius 2 is 1.68 bits per heavy atom. The van der Waals surface area contributed by atoms with Gasteiger partial charge >= 0.3 is 0 Å². The van der Waals surface area contributed by atoms with Gasteiger partial charge < -0.3 is 9.47 Å². The van der Waals surface area contributed by atoms with Crippen molar-refractivity contribution < 1.29 is 9.47 Å². The molecule has 2 nitrogen and oxygen atoms in total. The van der Waals surface area contributed by atoms with E-state index in [0.29, 0.717) is 6.61 Å². The number of fused-ring (bicyclic) bond motifs is 1. The van der Waals surface area contributed by atoms with E-state index in [2.05, 4.69) is 76.0 Å². The van der Waals surface area contributed by atoms with Gasteiger partial charge in [-0.3, -0.25) is 0 Å². The van der Waals surface area contributed by atoms with Crippen LogP contribution in [0.3, 0.4) is 0 Å². The molecule has 3 rings (SSSR count). The number of hydrogen-bond acceptors (Lipinski definition) is 2. The Bertz CT molecular complexity index is 989. The SMILES string of the molecule is C=CCOc1c(CCCCC)cc(CCCCC)cc1[Si](C)(C)C1C(OC)=Cc2ccccc21. The molecule has 1 unspecified atom stereocenters. The lowest BCUT2D eigenvalue weighted by Crippen LogP contribution is -2.49. The molecular formula is C31H44O2Si. The number of rotatable bonds is 14. The molecule has 1 atom stereocenters. The zero-order valence-corrected chi connectivity index (χ0v) is 23.1. The molecule has 34 heavy (non-hydrogen) atoms. The van der Waals surface area contributed by atoms with Crippen LogP contribution >= 0.6 is 0 Å². The second-order valence-corrected chi connectivity index (χ2v) is 14.7. The lowest BCUT2D eigenvalue weighted by molar-refractivity contribution is 0.285. The first kappa shape index (κ1) is 26.3. The molecule has 0 heterocycles. The molecule has 0 spiro atoms. The van der Waals surface area contributed by atoms with Crippen molar-refractivity contribution in [2.75, 3.05) is 13.7 Å². The van der Waals surface area contributed by atoms with Crippen molar-refractivity contribution >= 4 is 19.3 Å². The number of ether oxygens (including phenoxy) is 2. The van der Waals surface area contributed by atoms with E-state index >= 15 is 0 Å². The summed E-state index contributed by atoms with van der Waals surface area (Å²) in [5.41, 5.74) is 5.83. The molecule has 1 aliphatic carbocycles. The number of unbranched alkanes of at least 4 members (excludes halogenated alkanes) is 4. The van der Waals surface area contributed by atoms with E-state index in [1.165, 1.54) is 66.0 Å². The van der Waals surface area contributed by atoms with Crippen molar-refractivity contribution in [1.82, 2.24) is 0 Å². The predicted octanol–water partition coefficient (Wildman–Crippen LogP) is 7.96. The summed E-state index contributed by atoms with van der Waals surface area (Å²) in [6, 6.07) is 13.7. The summed E-state index contributed by atoms with van der Waals surface area (Å²) < 4.78 is 12.5. The zero-order chi connectivity index (χ0) is 24.6. The maximum absolute atomic E-state index is 6.49. The average Bonchev–Trinajstić information content (AvgIpc) is 3.23. The van der Waals surface area contributed by atoms with E-state index in [1.54, 1.807) is 0 Å². The smallest absolute Gasteiger partial charge is 0.122 e. The van der Waals surface area contributed by atoms with Gasteiger partial charge in [0.15, 0.2) is 0 Å². The minimum Gasteiger partial charge on any atom is -0.501 e. The number of allylic oxidation sites excluding steroid dienone is 1. The molecule has 2 aromatic rings. The summed E-state index contributed by atoms with van der Waals surface area (Å²) >= 11 is 0.